The first-order valence-corrected chi connectivity index (χ1v) is 19.4. The Labute approximate surface area is 324 Å². The molecule has 0 atom stereocenters. The lowest BCUT2D eigenvalue weighted by Crippen LogP contribution is -1.93. The molecular weight excluding hydrogens is 685 g/mol. The highest BCUT2D eigenvalue weighted by Gasteiger charge is 2.17. The second-order valence-corrected chi connectivity index (χ2v) is 14.9. The van der Waals surface area contributed by atoms with Crippen molar-refractivity contribution in [3.8, 4) is 78.3 Å². The normalized spacial score (nSPS) is 11.3. The van der Waals surface area contributed by atoms with E-state index in [4.69, 9.17) is 9.97 Å². The smallest absolute Gasteiger partial charge is 0.160 e. The zero-order valence-electron chi connectivity index (χ0n) is 29.9. The van der Waals surface area contributed by atoms with E-state index in [1.165, 1.54) is 54.6 Å². The van der Waals surface area contributed by atoms with Gasteiger partial charge in [-0.25, -0.2) is 9.97 Å². The monoisotopic (exact) mass is 718 g/mol. The Hall–Kier alpha value is -6.94. The number of hydrogen-bond donors (Lipinski definition) is 0. The molecule has 3 heteroatoms. The van der Waals surface area contributed by atoms with E-state index in [9.17, 15) is 0 Å². The van der Waals surface area contributed by atoms with Crippen LogP contribution in [0.5, 0.6) is 0 Å². The van der Waals surface area contributed by atoms with Crippen LogP contribution in [-0.4, -0.2) is 9.97 Å². The molecule has 0 amide bonds. The highest BCUT2D eigenvalue weighted by atomic mass is 32.1. The molecule has 0 aliphatic carbocycles. The van der Waals surface area contributed by atoms with Crippen LogP contribution >= 0.6 is 11.3 Å². The SMILES string of the molecule is c1ccc(-c2cc(-c3ccccc3)cc(-c3cccc(-c4cccc(-c5ccc(-c6nc(-c7ccccc7)c7sc8ccccc8c7n6)cc5)c4)c3)c2)cc1. The lowest BCUT2D eigenvalue weighted by molar-refractivity contribution is 1.24. The molecule has 0 aliphatic rings. The van der Waals surface area contributed by atoms with Crippen LogP contribution in [0.15, 0.2) is 206 Å². The number of aromatic nitrogens is 2. The lowest BCUT2D eigenvalue weighted by atomic mass is 9.92. The zero-order chi connectivity index (χ0) is 36.6. The fourth-order valence-electron chi connectivity index (χ4n) is 7.47. The van der Waals surface area contributed by atoms with E-state index in [1.54, 1.807) is 11.3 Å². The van der Waals surface area contributed by atoms with E-state index >= 15 is 0 Å². The summed E-state index contributed by atoms with van der Waals surface area (Å²) in [4.78, 5) is 10.3. The van der Waals surface area contributed by atoms with Crippen molar-refractivity contribution in [2.75, 3.05) is 0 Å². The Morgan fingerprint density at radius 3 is 1.27 bits per heavy atom. The molecule has 8 aromatic carbocycles. The minimum Gasteiger partial charge on any atom is -0.226 e. The third-order valence-electron chi connectivity index (χ3n) is 10.3. The van der Waals surface area contributed by atoms with Crippen LogP contribution in [0.25, 0.3) is 98.6 Å². The van der Waals surface area contributed by atoms with Crippen molar-refractivity contribution in [2.24, 2.45) is 0 Å². The van der Waals surface area contributed by atoms with Crippen molar-refractivity contribution in [3.05, 3.63) is 206 Å². The molecule has 55 heavy (non-hydrogen) atoms. The molecule has 2 heterocycles. The second-order valence-electron chi connectivity index (χ2n) is 13.8. The van der Waals surface area contributed by atoms with Gasteiger partial charge in [-0.05, 0) is 92.0 Å². The summed E-state index contributed by atoms with van der Waals surface area (Å²) >= 11 is 1.76. The van der Waals surface area contributed by atoms with E-state index in [0.717, 1.165) is 44.0 Å². The number of nitrogens with zero attached hydrogens (tertiary/aromatic N) is 2. The van der Waals surface area contributed by atoms with E-state index < -0.39 is 0 Å². The van der Waals surface area contributed by atoms with Crippen molar-refractivity contribution < 1.29 is 0 Å². The average Bonchev–Trinajstić information content (AvgIpc) is 3.66. The third kappa shape index (κ3) is 6.41. The number of rotatable bonds is 7. The molecule has 10 rings (SSSR count). The van der Waals surface area contributed by atoms with Crippen molar-refractivity contribution in [1.29, 1.82) is 0 Å². The van der Waals surface area contributed by atoms with Crippen LogP contribution in [0.3, 0.4) is 0 Å². The molecule has 0 aliphatic heterocycles. The minimum absolute atomic E-state index is 0.735. The lowest BCUT2D eigenvalue weighted by Gasteiger charge is -2.13. The standard InChI is InChI=1S/C52H34N2S/c1-4-14-35(15-5-1)44-32-45(36-16-6-2-7-17-36)34-46(33-44)43-23-13-22-42(31-43)41-21-12-20-40(30-41)37-26-28-39(29-27-37)52-53-49(38-18-8-3-9-19-38)51-50(54-52)47-24-10-11-25-48(47)55-51/h1-34H. The summed E-state index contributed by atoms with van der Waals surface area (Å²) in [6.45, 7) is 0. The van der Waals surface area contributed by atoms with Gasteiger partial charge in [0.15, 0.2) is 5.82 Å². The molecule has 10 aromatic rings. The first-order valence-electron chi connectivity index (χ1n) is 18.6. The van der Waals surface area contributed by atoms with Gasteiger partial charge in [0.2, 0.25) is 0 Å². The molecule has 0 unspecified atom stereocenters. The number of hydrogen-bond acceptors (Lipinski definition) is 3. The van der Waals surface area contributed by atoms with Gasteiger partial charge in [-0.2, -0.15) is 0 Å². The molecule has 0 saturated carbocycles. The highest BCUT2D eigenvalue weighted by Crippen LogP contribution is 2.40. The largest absolute Gasteiger partial charge is 0.226 e. The van der Waals surface area contributed by atoms with Crippen LogP contribution in [-0.2, 0) is 0 Å². The molecule has 0 fully saturated rings. The Morgan fingerprint density at radius 1 is 0.291 bits per heavy atom. The molecule has 0 bridgehead atoms. The summed E-state index contributed by atoms with van der Waals surface area (Å²) < 4.78 is 2.34. The van der Waals surface area contributed by atoms with Crippen molar-refractivity contribution in [1.82, 2.24) is 9.97 Å². The maximum absolute atomic E-state index is 5.17. The van der Waals surface area contributed by atoms with Crippen LogP contribution in [0, 0.1) is 0 Å². The number of thiophene rings is 1. The predicted molar refractivity (Wildman–Crippen MR) is 233 cm³/mol. The van der Waals surface area contributed by atoms with Crippen molar-refractivity contribution in [3.63, 3.8) is 0 Å². The molecule has 0 radical (unpaired) electrons. The quantitative estimate of drug-likeness (QED) is 0.164. The molecule has 0 saturated heterocycles. The van der Waals surface area contributed by atoms with E-state index in [2.05, 4.69) is 200 Å². The minimum atomic E-state index is 0.735. The molecule has 258 valence electrons. The van der Waals surface area contributed by atoms with Gasteiger partial charge in [-0.3, -0.25) is 0 Å². The van der Waals surface area contributed by atoms with Gasteiger partial charge in [-0.1, -0.05) is 170 Å². The molecule has 2 aromatic heterocycles. The van der Waals surface area contributed by atoms with Crippen LogP contribution < -0.4 is 0 Å². The van der Waals surface area contributed by atoms with Gasteiger partial charge >= 0.3 is 0 Å². The Morgan fingerprint density at radius 2 is 0.691 bits per heavy atom. The van der Waals surface area contributed by atoms with Gasteiger partial charge < -0.3 is 0 Å². The van der Waals surface area contributed by atoms with Crippen LogP contribution in [0.2, 0.25) is 0 Å². The Kier molecular flexibility index (Phi) is 8.40. The Bertz CT molecular complexity index is 2890. The molecule has 0 N–H and O–H groups in total. The van der Waals surface area contributed by atoms with Gasteiger partial charge in [0.05, 0.1) is 15.9 Å². The van der Waals surface area contributed by atoms with Gasteiger partial charge in [0.1, 0.15) is 0 Å². The van der Waals surface area contributed by atoms with Gasteiger partial charge in [0, 0.05) is 21.2 Å². The highest BCUT2D eigenvalue weighted by molar-refractivity contribution is 7.26. The fraction of sp³-hybridized carbons (Fsp3) is 0. The van der Waals surface area contributed by atoms with E-state index in [0.29, 0.717) is 0 Å². The van der Waals surface area contributed by atoms with Gasteiger partial charge in [0.25, 0.3) is 0 Å². The Balaban J connectivity index is 0.993. The number of benzene rings is 8. The van der Waals surface area contributed by atoms with E-state index in [-0.39, 0.29) is 0 Å². The van der Waals surface area contributed by atoms with E-state index in [1.807, 2.05) is 6.07 Å². The zero-order valence-corrected chi connectivity index (χ0v) is 30.7. The summed E-state index contributed by atoms with van der Waals surface area (Å²) in [7, 11) is 0. The molecule has 0 spiro atoms. The van der Waals surface area contributed by atoms with Crippen molar-refractivity contribution >= 4 is 31.6 Å². The summed E-state index contributed by atoms with van der Waals surface area (Å²) in [5.41, 5.74) is 16.0. The fourth-order valence-corrected chi connectivity index (χ4v) is 8.62. The van der Waals surface area contributed by atoms with Gasteiger partial charge in [-0.15, -0.1) is 11.3 Å². The summed E-state index contributed by atoms with van der Waals surface area (Å²) in [5.74, 6) is 0.735. The number of fused-ring (bicyclic) bond motifs is 3. The maximum atomic E-state index is 5.17. The summed E-state index contributed by atoms with van der Waals surface area (Å²) in [5, 5.41) is 1.17. The maximum Gasteiger partial charge on any atom is 0.160 e. The molecular formula is C52H34N2S. The summed E-state index contributed by atoms with van der Waals surface area (Å²) in [6, 6.07) is 73.5. The first-order chi connectivity index (χ1) is 27.2. The third-order valence-corrected chi connectivity index (χ3v) is 11.4. The predicted octanol–water partition coefficient (Wildman–Crippen LogP) is 14.5. The second kappa shape index (κ2) is 14.1. The molecule has 2 nitrogen and oxygen atoms in total. The van der Waals surface area contributed by atoms with Crippen LogP contribution in [0.4, 0.5) is 0 Å². The topological polar surface area (TPSA) is 25.8 Å². The average molecular weight is 719 g/mol. The van der Waals surface area contributed by atoms with Crippen LogP contribution in [0.1, 0.15) is 0 Å². The first kappa shape index (κ1) is 32.7. The van der Waals surface area contributed by atoms with Crippen molar-refractivity contribution in [2.45, 2.75) is 0 Å². The summed E-state index contributed by atoms with van der Waals surface area (Å²) in [6.07, 6.45) is 0.